The van der Waals surface area contributed by atoms with E-state index in [9.17, 15) is 0 Å². The highest BCUT2D eigenvalue weighted by atomic mass is 16.6. The molecule has 1 aromatic heterocycles. The summed E-state index contributed by atoms with van der Waals surface area (Å²) < 4.78 is 5.25. The first-order chi connectivity index (χ1) is 7.83. The molecule has 7 heteroatoms. The number of ether oxygens (including phenoxy) is 1. The summed E-state index contributed by atoms with van der Waals surface area (Å²) in [4.78, 5) is 14.6. The lowest BCUT2D eigenvalue weighted by molar-refractivity contribution is 0.122. The van der Waals surface area contributed by atoms with Gasteiger partial charge in [-0.1, -0.05) is 0 Å². The molecule has 3 N–H and O–H groups in total. The highest BCUT2D eigenvalue weighted by molar-refractivity contribution is 5.94. The topological polar surface area (TPSA) is 97.3 Å². The van der Waals surface area contributed by atoms with Gasteiger partial charge in [-0.15, -0.1) is 0 Å². The van der Waals surface area contributed by atoms with Crippen LogP contribution >= 0.6 is 0 Å². The first-order valence-corrected chi connectivity index (χ1v) is 4.92. The van der Waals surface area contributed by atoms with Crippen LogP contribution in [0.25, 0.3) is 0 Å². The van der Waals surface area contributed by atoms with E-state index in [0.29, 0.717) is 24.7 Å². The Bertz CT molecular complexity index is 378. The molecule has 0 bridgehead atoms. The Kier molecular flexibility index (Phi) is 3.28. The number of rotatable bonds is 2. The number of anilines is 1. The lowest BCUT2D eigenvalue weighted by Gasteiger charge is -2.28. The van der Waals surface area contributed by atoms with E-state index < -0.39 is 0 Å². The highest BCUT2D eigenvalue weighted by Gasteiger charge is 2.19. The van der Waals surface area contributed by atoms with Crippen molar-refractivity contribution >= 4 is 11.7 Å². The van der Waals surface area contributed by atoms with E-state index in [2.05, 4.69) is 14.8 Å². The molecule has 0 radical (unpaired) electrons. The minimum absolute atomic E-state index is 0.186. The van der Waals surface area contributed by atoms with Crippen LogP contribution in [-0.2, 0) is 9.57 Å². The van der Waals surface area contributed by atoms with Crippen molar-refractivity contribution in [3.63, 3.8) is 0 Å². The van der Waals surface area contributed by atoms with Crippen molar-refractivity contribution in [3.8, 4) is 0 Å². The third kappa shape index (κ3) is 2.10. The van der Waals surface area contributed by atoms with E-state index in [0.717, 1.165) is 13.1 Å². The fraction of sp³-hybridized carbons (Fsp3) is 0.444. The molecule has 7 nitrogen and oxygen atoms in total. The Hall–Kier alpha value is -1.73. The largest absolute Gasteiger partial charge is 0.389 e. The molecule has 0 unspecified atom stereocenters. The van der Waals surface area contributed by atoms with Crippen LogP contribution in [0, 0.1) is 5.41 Å². The van der Waals surface area contributed by atoms with E-state index in [1.54, 1.807) is 6.20 Å². The average Bonchev–Trinajstić information content (AvgIpc) is 2.39. The summed E-state index contributed by atoms with van der Waals surface area (Å²) in [6.45, 7) is 2.74. The van der Waals surface area contributed by atoms with E-state index in [1.165, 1.54) is 6.20 Å². The van der Waals surface area contributed by atoms with Gasteiger partial charge < -0.3 is 14.5 Å². The van der Waals surface area contributed by atoms with E-state index in [-0.39, 0.29) is 5.90 Å². The van der Waals surface area contributed by atoms with Crippen LogP contribution in [0.15, 0.2) is 12.4 Å². The number of hydrogen-bond donors (Lipinski definition) is 2. The summed E-state index contributed by atoms with van der Waals surface area (Å²) in [7, 11) is 0. The molecular weight excluding hydrogens is 210 g/mol. The summed E-state index contributed by atoms with van der Waals surface area (Å²) in [6.07, 6.45) is 3.09. The van der Waals surface area contributed by atoms with Crippen LogP contribution in [0.3, 0.4) is 0 Å². The molecule has 2 heterocycles. The van der Waals surface area contributed by atoms with Crippen LogP contribution in [0.1, 0.15) is 5.69 Å². The van der Waals surface area contributed by atoms with E-state index in [4.69, 9.17) is 16.0 Å². The second-order valence-corrected chi connectivity index (χ2v) is 3.27. The van der Waals surface area contributed by atoms with Gasteiger partial charge in [0.15, 0.2) is 11.5 Å². The molecule has 1 aliphatic heterocycles. The second-order valence-electron chi connectivity index (χ2n) is 3.27. The molecule has 0 spiro atoms. The first-order valence-electron chi connectivity index (χ1n) is 4.92. The minimum atomic E-state index is -0.186. The van der Waals surface area contributed by atoms with Gasteiger partial charge in [0, 0.05) is 25.5 Å². The molecule has 1 aliphatic rings. The molecule has 0 atom stereocenters. The molecule has 0 saturated carbocycles. The zero-order chi connectivity index (χ0) is 11.4. The van der Waals surface area contributed by atoms with Crippen molar-refractivity contribution in [2.45, 2.75) is 0 Å². The summed E-state index contributed by atoms with van der Waals surface area (Å²) in [5, 5.41) is 7.53. The number of morpholine rings is 1. The van der Waals surface area contributed by atoms with Crippen molar-refractivity contribution in [2.75, 3.05) is 31.2 Å². The van der Waals surface area contributed by atoms with Gasteiger partial charge in [0.2, 0.25) is 0 Å². The summed E-state index contributed by atoms with van der Waals surface area (Å²) >= 11 is 0. The molecule has 0 amide bonds. The lowest BCUT2D eigenvalue weighted by Crippen LogP contribution is -2.38. The maximum Gasteiger partial charge on any atom is 0.259 e. The number of hydrogen-bond acceptors (Lipinski definition) is 7. The Labute approximate surface area is 92.7 Å². The van der Waals surface area contributed by atoms with Crippen molar-refractivity contribution < 1.29 is 9.57 Å². The second kappa shape index (κ2) is 4.86. The number of nitrogens with zero attached hydrogens (tertiary/aromatic N) is 3. The van der Waals surface area contributed by atoms with Crippen molar-refractivity contribution in [1.29, 1.82) is 5.41 Å². The average molecular weight is 223 g/mol. The predicted octanol–water partition coefficient (Wildman–Crippen LogP) is -0.471. The van der Waals surface area contributed by atoms with Crippen LogP contribution in [-0.4, -0.2) is 42.2 Å². The van der Waals surface area contributed by atoms with Gasteiger partial charge in [0.1, 0.15) is 0 Å². The van der Waals surface area contributed by atoms with Crippen molar-refractivity contribution in [3.05, 3.63) is 18.1 Å². The molecule has 1 aromatic rings. The summed E-state index contributed by atoms with van der Waals surface area (Å²) in [6, 6.07) is 0. The maximum absolute atomic E-state index is 7.53. The molecular formula is C9H13N5O2. The van der Waals surface area contributed by atoms with Gasteiger partial charge in [-0.25, -0.2) is 9.97 Å². The molecule has 16 heavy (non-hydrogen) atoms. The first kappa shape index (κ1) is 10.8. The smallest absolute Gasteiger partial charge is 0.259 e. The SMILES string of the molecule is N=C(ON)c1nccnc1N1CCOCC1. The Morgan fingerprint density at radius 2 is 2.06 bits per heavy atom. The fourth-order valence-corrected chi connectivity index (χ4v) is 1.55. The van der Waals surface area contributed by atoms with Crippen molar-refractivity contribution in [1.82, 2.24) is 9.97 Å². The quantitative estimate of drug-likeness (QED) is 0.399. The van der Waals surface area contributed by atoms with Crippen LogP contribution in [0.4, 0.5) is 5.82 Å². The summed E-state index contributed by atoms with van der Waals surface area (Å²) in [5.41, 5.74) is 0.354. The number of aromatic nitrogens is 2. The lowest BCUT2D eigenvalue weighted by atomic mass is 10.3. The van der Waals surface area contributed by atoms with Gasteiger partial charge in [0.05, 0.1) is 13.2 Å². The van der Waals surface area contributed by atoms with Crippen LogP contribution in [0.5, 0.6) is 0 Å². The Morgan fingerprint density at radius 3 is 2.75 bits per heavy atom. The molecule has 1 fully saturated rings. The van der Waals surface area contributed by atoms with Gasteiger partial charge in [-0.2, -0.15) is 5.90 Å². The number of nitrogens with one attached hydrogen (secondary N) is 1. The zero-order valence-corrected chi connectivity index (χ0v) is 8.72. The Morgan fingerprint density at radius 1 is 1.38 bits per heavy atom. The molecule has 0 aliphatic carbocycles. The molecule has 2 rings (SSSR count). The number of nitrogens with two attached hydrogens (primary N) is 1. The highest BCUT2D eigenvalue weighted by Crippen LogP contribution is 2.16. The summed E-state index contributed by atoms with van der Waals surface area (Å²) in [5.74, 6) is 5.39. The van der Waals surface area contributed by atoms with Gasteiger partial charge in [-0.05, 0) is 0 Å². The molecule has 0 aromatic carbocycles. The third-order valence-corrected chi connectivity index (χ3v) is 2.32. The molecule has 86 valence electrons. The fourth-order valence-electron chi connectivity index (χ4n) is 1.55. The molecule has 1 saturated heterocycles. The van der Waals surface area contributed by atoms with Crippen LogP contribution < -0.4 is 10.8 Å². The standard InChI is InChI=1S/C9H13N5O2/c10-8(16-11)7-9(13-2-1-12-7)14-3-5-15-6-4-14/h1-2,10H,3-6,11H2. The van der Waals surface area contributed by atoms with Crippen LogP contribution in [0.2, 0.25) is 0 Å². The van der Waals surface area contributed by atoms with E-state index >= 15 is 0 Å². The third-order valence-electron chi connectivity index (χ3n) is 2.32. The maximum atomic E-state index is 7.53. The Balaban J connectivity index is 2.28. The normalized spacial score (nSPS) is 15.9. The monoisotopic (exact) mass is 223 g/mol. The van der Waals surface area contributed by atoms with Gasteiger partial charge >= 0.3 is 0 Å². The zero-order valence-electron chi connectivity index (χ0n) is 8.72. The van der Waals surface area contributed by atoms with Gasteiger partial charge in [-0.3, -0.25) is 5.41 Å². The minimum Gasteiger partial charge on any atom is -0.389 e. The van der Waals surface area contributed by atoms with E-state index in [1.807, 2.05) is 4.90 Å². The van der Waals surface area contributed by atoms with Gasteiger partial charge in [0.25, 0.3) is 5.90 Å². The van der Waals surface area contributed by atoms with Crippen molar-refractivity contribution in [2.24, 2.45) is 5.90 Å². The predicted molar refractivity (Wildman–Crippen MR) is 57.2 cm³/mol.